The Bertz CT molecular complexity index is 902. The van der Waals surface area contributed by atoms with Gasteiger partial charge < -0.3 is 19.3 Å². The zero-order valence-corrected chi connectivity index (χ0v) is 17.9. The first-order valence-corrected chi connectivity index (χ1v) is 11.3. The van der Waals surface area contributed by atoms with Crippen molar-refractivity contribution in [3.63, 3.8) is 0 Å². The molecule has 31 heavy (non-hydrogen) atoms. The number of carbonyl (C=O) groups excluding carboxylic acids is 1. The van der Waals surface area contributed by atoms with Gasteiger partial charge in [0.2, 0.25) is 6.79 Å². The van der Waals surface area contributed by atoms with Gasteiger partial charge in [-0.25, -0.2) is 0 Å². The van der Waals surface area contributed by atoms with Gasteiger partial charge in [0.05, 0.1) is 12.7 Å². The lowest BCUT2D eigenvalue weighted by molar-refractivity contribution is 0.0622. The molecule has 5 rings (SSSR count). The summed E-state index contributed by atoms with van der Waals surface area (Å²) in [6.45, 7) is 8.28. The largest absolute Gasteiger partial charge is 0.454 e. The van der Waals surface area contributed by atoms with Crippen molar-refractivity contribution in [2.75, 3.05) is 52.6 Å². The Balaban J connectivity index is 1.09. The number of amides is 1. The van der Waals surface area contributed by atoms with Gasteiger partial charge >= 0.3 is 0 Å². The Hall–Kier alpha value is -2.65. The van der Waals surface area contributed by atoms with E-state index in [2.05, 4.69) is 26.2 Å². The van der Waals surface area contributed by atoms with Gasteiger partial charge in [0.1, 0.15) is 0 Å². The molecule has 0 atom stereocenters. The van der Waals surface area contributed by atoms with Gasteiger partial charge in [0.25, 0.3) is 5.91 Å². The predicted octanol–water partition coefficient (Wildman–Crippen LogP) is 1.45. The monoisotopic (exact) mass is 426 g/mol. The van der Waals surface area contributed by atoms with Crippen molar-refractivity contribution in [2.45, 2.75) is 32.4 Å². The first kappa shape index (κ1) is 20.3. The highest BCUT2D eigenvalue weighted by Gasteiger charge is 2.25. The number of benzene rings is 1. The van der Waals surface area contributed by atoms with Crippen LogP contribution < -0.4 is 9.47 Å². The van der Waals surface area contributed by atoms with Gasteiger partial charge in [-0.2, -0.15) is 0 Å². The van der Waals surface area contributed by atoms with Crippen molar-refractivity contribution in [1.82, 2.24) is 29.7 Å². The fourth-order valence-corrected chi connectivity index (χ4v) is 4.50. The van der Waals surface area contributed by atoms with E-state index in [1.54, 1.807) is 10.9 Å². The number of hydrogen-bond donors (Lipinski definition) is 0. The Morgan fingerprint density at radius 1 is 0.903 bits per heavy atom. The quantitative estimate of drug-likeness (QED) is 0.692. The lowest BCUT2D eigenvalue weighted by Gasteiger charge is -2.34. The van der Waals surface area contributed by atoms with Crippen LogP contribution in [-0.2, 0) is 13.1 Å². The first-order valence-electron chi connectivity index (χ1n) is 11.3. The van der Waals surface area contributed by atoms with Crippen LogP contribution >= 0.6 is 0 Å². The molecule has 166 valence electrons. The van der Waals surface area contributed by atoms with Crippen LogP contribution in [0, 0.1) is 0 Å². The minimum Gasteiger partial charge on any atom is -0.454 e. The van der Waals surface area contributed by atoms with Crippen LogP contribution in [0.25, 0.3) is 0 Å². The fraction of sp³-hybridized carbons (Fsp3) is 0.591. The molecule has 0 unspecified atom stereocenters. The number of likely N-dealkylation sites (tertiary alicyclic amines) is 1. The van der Waals surface area contributed by atoms with E-state index in [1.807, 2.05) is 17.0 Å². The maximum Gasteiger partial charge on any atom is 0.276 e. The SMILES string of the molecule is O=C(c1cn(CCN2CCCCC2)nn1)N1CCN(Cc2ccc3c(c2)OCO3)CC1. The highest BCUT2D eigenvalue weighted by Crippen LogP contribution is 2.32. The molecule has 9 nitrogen and oxygen atoms in total. The standard InChI is InChI=1S/C22H30N6O3/c29-22(19-16-28(24-23-19)13-10-25-6-2-1-3-7-25)27-11-8-26(9-12-27)15-18-4-5-20-21(14-18)31-17-30-20/h4-5,14,16H,1-3,6-13,15,17H2. The lowest BCUT2D eigenvalue weighted by Crippen LogP contribution is -2.48. The van der Waals surface area contributed by atoms with E-state index in [1.165, 1.54) is 24.8 Å². The van der Waals surface area contributed by atoms with E-state index >= 15 is 0 Å². The van der Waals surface area contributed by atoms with E-state index < -0.39 is 0 Å². The second kappa shape index (κ2) is 9.23. The van der Waals surface area contributed by atoms with E-state index in [4.69, 9.17) is 9.47 Å². The third kappa shape index (κ3) is 4.83. The Morgan fingerprint density at radius 3 is 2.55 bits per heavy atom. The number of ether oxygens (including phenoxy) is 2. The van der Waals surface area contributed by atoms with Gasteiger partial charge in [-0.3, -0.25) is 14.4 Å². The summed E-state index contributed by atoms with van der Waals surface area (Å²) in [7, 11) is 0. The van der Waals surface area contributed by atoms with Crippen LogP contribution in [0.3, 0.4) is 0 Å². The van der Waals surface area contributed by atoms with Gasteiger partial charge in [-0.1, -0.05) is 17.7 Å². The molecule has 0 saturated carbocycles. The predicted molar refractivity (Wildman–Crippen MR) is 114 cm³/mol. The van der Waals surface area contributed by atoms with Crippen LogP contribution in [0.4, 0.5) is 0 Å². The van der Waals surface area contributed by atoms with E-state index in [-0.39, 0.29) is 5.91 Å². The molecular formula is C22H30N6O3. The maximum absolute atomic E-state index is 12.9. The number of carbonyl (C=O) groups is 1. The number of aromatic nitrogens is 3. The number of fused-ring (bicyclic) bond motifs is 1. The van der Waals surface area contributed by atoms with Crippen molar-refractivity contribution in [3.05, 3.63) is 35.7 Å². The van der Waals surface area contributed by atoms with Crippen LogP contribution in [-0.4, -0.2) is 88.2 Å². The van der Waals surface area contributed by atoms with E-state index in [0.717, 1.165) is 57.3 Å². The molecule has 0 aliphatic carbocycles. The first-order chi connectivity index (χ1) is 15.2. The summed E-state index contributed by atoms with van der Waals surface area (Å²) in [5.74, 6) is 1.60. The van der Waals surface area contributed by atoms with Crippen LogP contribution in [0.5, 0.6) is 11.5 Å². The summed E-state index contributed by atoms with van der Waals surface area (Å²) < 4.78 is 12.7. The van der Waals surface area contributed by atoms with E-state index in [0.29, 0.717) is 25.6 Å². The number of piperidine rings is 1. The zero-order valence-electron chi connectivity index (χ0n) is 17.9. The van der Waals surface area contributed by atoms with Crippen LogP contribution in [0.1, 0.15) is 35.3 Å². The number of nitrogens with zero attached hydrogens (tertiary/aromatic N) is 6. The Morgan fingerprint density at radius 2 is 1.71 bits per heavy atom. The molecular weight excluding hydrogens is 396 g/mol. The molecule has 1 amide bonds. The molecule has 0 spiro atoms. The summed E-state index contributed by atoms with van der Waals surface area (Å²) in [5.41, 5.74) is 1.64. The lowest BCUT2D eigenvalue weighted by atomic mass is 10.1. The minimum atomic E-state index is -0.0213. The molecule has 3 aliphatic rings. The molecule has 2 aromatic rings. The summed E-state index contributed by atoms with van der Waals surface area (Å²) in [4.78, 5) is 19.6. The summed E-state index contributed by atoms with van der Waals surface area (Å²) >= 11 is 0. The Kier molecular flexibility index (Phi) is 6.04. The minimum absolute atomic E-state index is 0.0213. The van der Waals surface area contributed by atoms with Gasteiger partial charge in [-0.15, -0.1) is 5.10 Å². The van der Waals surface area contributed by atoms with Crippen LogP contribution in [0.15, 0.2) is 24.4 Å². The smallest absolute Gasteiger partial charge is 0.276 e. The molecule has 0 N–H and O–H groups in total. The summed E-state index contributed by atoms with van der Waals surface area (Å²) in [6, 6.07) is 6.08. The van der Waals surface area contributed by atoms with E-state index in [9.17, 15) is 4.79 Å². The maximum atomic E-state index is 12.9. The van der Waals surface area contributed by atoms with Gasteiger partial charge in [0, 0.05) is 39.3 Å². The topological polar surface area (TPSA) is 76.0 Å². The van der Waals surface area contributed by atoms with Crippen molar-refractivity contribution < 1.29 is 14.3 Å². The normalized spacial score (nSPS) is 19.7. The highest BCUT2D eigenvalue weighted by molar-refractivity contribution is 5.92. The molecule has 0 radical (unpaired) electrons. The molecule has 2 fully saturated rings. The van der Waals surface area contributed by atoms with Crippen molar-refractivity contribution in [1.29, 1.82) is 0 Å². The second-order valence-electron chi connectivity index (χ2n) is 8.53. The number of piperazine rings is 1. The van der Waals surface area contributed by atoms with Gasteiger partial charge in [-0.05, 0) is 43.6 Å². The molecule has 3 aliphatic heterocycles. The molecule has 0 bridgehead atoms. The Labute approximate surface area is 182 Å². The molecule has 1 aromatic heterocycles. The van der Waals surface area contributed by atoms with Gasteiger partial charge in [0.15, 0.2) is 17.2 Å². The average molecular weight is 427 g/mol. The fourth-order valence-electron chi connectivity index (χ4n) is 4.50. The molecule has 1 aromatic carbocycles. The molecule has 9 heteroatoms. The van der Waals surface area contributed by atoms with Crippen LogP contribution in [0.2, 0.25) is 0 Å². The summed E-state index contributed by atoms with van der Waals surface area (Å²) in [5, 5.41) is 8.31. The van der Waals surface area contributed by atoms with Crippen molar-refractivity contribution >= 4 is 5.91 Å². The summed E-state index contributed by atoms with van der Waals surface area (Å²) in [6.07, 6.45) is 5.69. The number of rotatable bonds is 6. The van der Waals surface area contributed by atoms with Crippen molar-refractivity contribution in [2.24, 2.45) is 0 Å². The number of hydrogen-bond acceptors (Lipinski definition) is 7. The third-order valence-electron chi connectivity index (χ3n) is 6.35. The molecule has 4 heterocycles. The average Bonchev–Trinajstić information content (AvgIpc) is 3.48. The van der Waals surface area contributed by atoms with Crippen molar-refractivity contribution in [3.8, 4) is 11.5 Å². The second-order valence-corrected chi connectivity index (χ2v) is 8.53. The zero-order chi connectivity index (χ0) is 21.0. The molecule has 2 saturated heterocycles. The highest BCUT2D eigenvalue weighted by atomic mass is 16.7. The third-order valence-corrected chi connectivity index (χ3v) is 6.35.